The van der Waals surface area contributed by atoms with Crippen LogP contribution in [0.5, 0.6) is 0 Å². The van der Waals surface area contributed by atoms with Crippen LogP contribution in [0, 0.1) is 11.5 Å². The van der Waals surface area contributed by atoms with Crippen molar-refractivity contribution in [1.29, 1.82) is 5.26 Å². The Hall–Kier alpha value is -1.32. The summed E-state index contributed by atoms with van der Waals surface area (Å²) in [6.07, 6.45) is 1.82. The summed E-state index contributed by atoms with van der Waals surface area (Å²) in [6, 6.07) is 0. The van der Waals surface area contributed by atoms with Gasteiger partial charge >= 0.3 is 0 Å². The summed E-state index contributed by atoms with van der Waals surface area (Å²) in [7, 11) is 1.88. The lowest BCUT2D eigenvalue weighted by atomic mass is 10.6. The fourth-order valence-electron chi connectivity index (χ4n) is 0.858. The maximum Gasteiger partial charge on any atom is 0.204 e. The van der Waals surface area contributed by atoms with Crippen molar-refractivity contribution in [1.82, 2.24) is 16.0 Å². The molecule has 0 aromatic carbocycles. The highest BCUT2D eigenvalue weighted by molar-refractivity contribution is 5.81. The van der Waals surface area contributed by atoms with E-state index in [-0.39, 0.29) is 0 Å². The lowest BCUT2D eigenvalue weighted by Crippen LogP contribution is -2.34. The minimum Gasteiger partial charge on any atom is -0.378 e. The van der Waals surface area contributed by atoms with Crippen LogP contribution in [-0.2, 0) is 4.74 Å². The van der Waals surface area contributed by atoms with Gasteiger partial charge in [-0.15, -0.1) is 0 Å². The third-order valence-corrected chi connectivity index (χ3v) is 1.52. The number of likely N-dealkylation sites (N-methyl/N-ethyl adjacent to an activating group) is 1. The van der Waals surface area contributed by atoms with Gasteiger partial charge in [-0.3, -0.25) is 10.3 Å². The molecule has 6 heteroatoms. The molecule has 86 valence electrons. The lowest BCUT2D eigenvalue weighted by molar-refractivity contribution is 0.145. The lowest BCUT2D eigenvalue weighted by Gasteiger charge is -2.05. The van der Waals surface area contributed by atoms with Crippen molar-refractivity contribution in [3.05, 3.63) is 0 Å². The SMILES string of the molecule is CCNC(=NCCOCCNC)NC#N. The van der Waals surface area contributed by atoms with E-state index in [4.69, 9.17) is 10.00 Å². The number of rotatable bonds is 7. The van der Waals surface area contributed by atoms with Crippen molar-refractivity contribution in [3.63, 3.8) is 0 Å². The first kappa shape index (κ1) is 13.7. The van der Waals surface area contributed by atoms with Gasteiger partial charge in [-0.25, -0.2) is 0 Å². The Morgan fingerprint density at radius 2 is 2.27 bits per heavy atom. The number of aliphatic imine (C=N–C) groups is 1. The Morgan fingerprint density at radius 3 is 2.87 bits per heavy atom. The van der Waals surface area contributed by atoms with Gasteiger partial charge in [0.25, 0.3) is 0 Å². The fourth-order valence-corrected chi connectivity index (χ4v) is 0.858. The van der Waals surface area contributed by atoms with Gasteiger partial charge in [0.2, 0.25) is 5.96 Å². The van der Waals surface area contributed by atoms with E-state index in [9.17, 15) is 0 Å². The Kier molecular flexibility index (Phi) is 9.81. The highest BCUT2D eigenvalue weighted by Gasteiger charge is 1.93. The minimum atomic E-state index is 0.497. The third-order valence-electron chi connectivity index (χ3n) is 1.52. The molecule has 0 aromatic heterocycles. The zero-order valence-electron chi connectivity index (χ0n) is 9.34. The Balaban J connectivity index is 3.56. The van der Waals surface area contributed by atoms with E-state index < -0.39 is 0 Å². The average Bonchev–Trinajstić information content (AvgIpc) is 2.24. The molecule has 0 spiro atoms. The van der Waals surface area contributed by atoms with E-state index >= 15 is 0 Å². The molecule has 0 aliphatic carbocycles. The summed E-state index contributed by atoms with van der Waals surface area (Å²) in [5, 5.41) is 16.8. The van der Waals surface area contributed by atoms with E-state index in [0.717, 1.165) is 13.1 Å². The van der Waals surface area contributed by atoms with Crippen LogP contribution in [0.1, 0.15) is 6.92 Å². The standard InChI is InChI=1S/C9H19N5O/c1-3-12-9(14-8-10)13-5-7-15-6-4-11-2/h11H,3-7H2,1-2H3,(H2,12,13,14). The summed E-state index contributed by atoms with van der Waals surface area (Å²) in [5.41, 5.74) is 0. The summed E-state index contributed by atoms with van der Waals surface area (Å²) in [4.78, 5) is 4.13. The molecule has 0 saturated heterocycles. The van der Waals surface area contributed by atoms with Crippen molar-refractivity contribution in [2.24, 2.45) is 4.99 Å². The molecule has 15 heavy (non-hydrogen) atoms. The molecular formula is C9H19N5O. The second-order valence-corrected chi connectivity index (χ2v) is 2.71. The molecule has 0 aliphatic rings. The van der Waals surface area contributed by atoms with Gasteiger partial charge in [0.15, 0.2) is 6.19 Å². The van der Waals surface area contributed by atoms with E-state index in [2.05, 4.69) is 20.9 Å². The smallest absolute Gasteiger partial charge is 0.204 e. The maximum atomic E-state index is 8.41. The molecule has 0 aromatic rings. The van der Waals surface area contributed by atoms with Crippen LogP contribution < -0.4 is 16.0 Å². The number of hydrogen-bond donors (Lipinski definition) is 3. The van der Waals surface area contributed by atoms with Gasteiger partial charge in [0, 0.05) is 13.1 Å². The molecule has 0 atom stereocenters. The number of nitrogens with zero attached hydrogens (tertiary/aromatic N) is 2. The molecule has 3 N–H and O–H groups in total. The predicted molar refractivity (Wildman–Crippen MR) is 59.5 cm³/mol. The van der Waals surface area contributed by atoms with Gasteiger partial charge < -0.3 is 15.4 Å². The quantitative estimate of drug-likeness (QED) is 0.171. The normalized spacial score (nSPS) is 10.9. The number of hydrogen-bond acceptors (Lipinski definition) is 4. The van der Waals surface area contributed by atoms with Crippen molar-refractivity contribution in [2.75, 3.05) is 39.9 Å². The van der Waals surface area contributed by atoms with Crippen LogP contribution in [0.15, 0.2) is 4.99 Å². The van der Waals surface area contributed by atoms with Gasteiger partial charge in [0.1, 0.15) is 0 Å². The van der Waals surface area contributed by atoms with Crippen LogP contribution in [0.4, 0.5) is 0 Å². The highest BCUT2D eigenvalue weighted by atomic mass is 16.5. The monoisotopic (exact) mass is 213 g/mol. The average molecular weight is 213 g/mol. The highest BCUT2D eigenvalue weighted by Crippen LogP contribution is 1.77. The summed E-state index contributed by atoms with van der Waals surface area (Å²) < 4.78 is 5.27. The van der Waals surface area contributed by atoms with Crippen LogP contribution in [-0.4, -0.2) is 45.9 Å². The van der Waals surface area contributed by atoms with Gasteiger partial charge in [-0.05, 0) is 14.0 Å². The molecule has 0 aliphatic heterocycles. The van der Waals surface area contributed by atoms with Crippen LogP contribution in [0.3, 0.4) is 0 Å². The first-order valence-corrected chi connectivity index (χ1v) is 5.01. The van der Waals surface area contributed by atoms with Gasteiger partial charge in [-0.2, -0.15) is 5.26 Å². The molecular weight excluding hydrogens is 194 g/mol. The van der Waals surface area contributed by atoms with Crippen molar-refractivity contribution in [2.45, 2.75) is 6.92 Å². The molecule has 0 amide bonds. The summed E-state index contributed by atoms with van der Waals surface area (Å²) >= 11 is 0. The Labute approximate surface area is 90.7 Å². The van der Waals surface area contributed by atoms with E-state index in [1.165, 1.54) is 0 Å². The molecule has 0 bridgehead atoms. The minimum absolute atomic E-state index is 0.497. The number of nitriles is 1. The zero-order valence-corrected chi connectivity index (χ0v) is 9.34. The molecule has 0 unspecified atom stereocenters. The molecule has 0 rings (SSSR count). The molecule has 0 heterocycles. The van der Waals surface area contributed by atoms with Gasteiger partial charge in [-0.1, -0.05) is 0 Å². The molecule has 0 saturated carbocycles. The zero-order chi connectivity index (χ0) is 11.4. The van der Waals surface area contributed by atoms with Crippen molar-refractivity contribution in [3.8, 4) is 6.19 Å². The maximum absolute atomic E-state index is 8.41. The van der Waals surface area contributed by atoms with Crippen molar-refractivity contribution >= 4 is 5.96 Å². The molecule has 6 nitrogen and oxygen atoms in total. The van der Waals surface area contributed by atoms with E-state index in [0.29, 0.717) is 25.7 Å². The number of nitrogens with one attached hydrogen (secondary N) is 3. The largest absolute Gasteiger partial charge is 0.378 e. The predicted octanol–water partition coefficient (Wildman–Crippen LogP) is -0.741. The first-order valence-electron chi connectivity index (χ1n) is 5.01. The van der Waals surface area contributed by atoms with E-state index in [1.807, 2.05) is 20.2 Å². The number of ether oxygens (including phenoxy) is 1. The summed E-state index contributed by atoms with van der Waals surface area (Å²) in [6.45, 7) is 5.28. The number of guanidine groups is 1. The second-order valence-electron chi connectivity index (χ2n) is 2.71. The van der Waals surface area contributed by atoms with E-state index in [1.54, 1.807) is 0 Å². The second kappa shape index (κ2) is 10.8. The molecule has 0 radical (unpaired) electrons. The summed E-state index contributed by atoms with van der Waals surface area (Å²) in [5.74, 6) is 0.497. The first-order chi connectivity index (χ1) is 7.35. The fraction of sp³-hybridized carbons (Fsp3) is 0.778. The van der Waals surface area contributed by atoms with Crippen molar-refractivity contribution < 1.29 is 4.74 Å². The van der Waals surface area contributed by atoms with Gasteiger partial charge in [0.05, 0.1) is 19.8 Å². The third kappa shape index (κ3) is 9.00. The molecule has 0 fully saturated rings. The van der Waals surface area contributed by atoms with Crippen LogP contribution in [0.2, 0.25) is 0 Å². The Bertz CT molecular complexity index is 211. The van der Waals surface area contributed by atoms with Crippen LogP contribution >= 0.6 is 0 Å². The Morgan fingerprint density at radius 1 is 1.47 bits per heavy atom. The topological polar surface area (TPSA) is 81.5 Å². The van der Waals surface area contributed by atoms with Crippen LogP contribution in [0.25, 0.3) is 0 Å².